The number of nitrogens with one attached hydrogen (secondary N) is 1. The third-order valence-corrected chi connectivity index (χ3v) is 3.04. The summed E-state index contributed by atoms with van der Waals surface area (Å²) >= 11 is 0. The first-order chi connectivity index (χ1) is 10.1. The number of para-hydroxylation sites is 1. The molecule has 0 radical (unpaired) electrons. The Hall–Kier alpha value is -2.69. The van der Waals surface area contributed by atoms with Crippen molar-refractivity contribution < 1.29 is 14.0 Å². The van der Waals surface area contributed by atoms with Crippen molar-refractivity contribution in [2.45, 2.75) is 0 Å². The summed E-state index contributed by atoms with van der Waals surface area (Å²) in [4.78, 5) is 25.2. The highest BCUT2D eigenvalue weighted by atomic mass is 19.1. The first-order valence-electron chi connectivity index (χ1n) is 6.44. The van der Waals surface area contributed by atoms with Gasteiger partial charge in [-0.2, -0.15) is 0 Å². The number of hydrogen-bond donors (Lipinski definition) is 1. The summed E-state index contributed by atoms with van der Waals surface area (Å²) in [5.74, 6) is -1.51. The molecule has 2 amide bonds. The highest BCUT2D eigenvalue weighted by molar-refractivity contribution is 6.00. The Morgan fingerprint density at radius 2 is 1.67 bits per heavy atom. The van der Waals surface area contributed by atoms with Crippen molar-refractivity contribution in [1.29, 1.82) is 0 Å². The monoisotopic (exact) mass is 286 g/mol. The molecule has 0 aromatic heterocycles. The van der Waals surface area contributed by atoms with Crippen molar-refractivity contribution in [3.8, 4) is 0 Å². The van der Waals surface area contributed by atoms with Crippen molar-refractivity contribution in [3.63, 3.8) is 0 Å². The van der Waals surface area contributed by atoms with Crippen LogP contribution >= 0.6 is 0 Å². The minimum atomic E-state index is -0.612. The van der Waals surface area contributed by atoms with E-state index in [0.717, 1.165) is 5.69 Å². The van der Waals surface area contributed by atoms with E-state index in [4.69, 9.17) is 0 Å². The van der Waals surface area contributed by atoms with Crippen molar-refractivity contribution in [3.05, 3.63) is 66.0 Å². The number of hydrogen-bond acceptors (Lipinski definition) is 2. The summed E-state index contributed by atoms with van der Waals surface area (Å²) < 4.78 is 13.4. The molecule has 0 aliphatic rings. The minimum Gasteiger partial charge on any atom is -0.343 e. The molecule has 21 heavy (non-hydrogen) atoms. The normalized spacial score (nSPS) is 10.0. The molecule has 0 heterocycles. The summed E-state index contributed by atoms with van der Waals surface area (Å²) in [6.07, 6.45) is 0. The van der Waals surface area contributed by atoms with E-state index in [1.807, 2.05) is 18.2 Å². The molecule has 1 N–H and O–H groups in total. The second kappa shape index (κ2) is 6.65. The number of halogens is 1. The first-order valence-corrected chi connectivity index (χ1v) is 6.44. The van der Waals surface area contributed by atoms with Gasteiger partial charge < -0.3 is 10.2 Å². The Kier molecular flexibility index (Phi) is 4.66. The van der Waals surface area contributed by atoms with Gasteiger partial charge in [0.1, 0.15) is 5.82 Å². The maximum Gasteiger partial charge on any atom is 0.254 e. The Labute approximate surface area is 122 Å². The third-order valence-electron chi connectivity index (χ3n) is 3.04. The molecule has 0 saturated heterocycles. The quantitative estimate of drug-likeness (QED) is 0.937. The topological polar surface area (TPSA) is 49.4 Å². The summed E-state index contributed by atoms with van der Waals surface area (Å²) in [5, 5.41) is 2.42. The van der Waals surface area contributed by atoms with Crippen LogP contribution < -0.4 is 10.2 Å². The average molecular weight is 286 g/mol. The smallest absolute Gasteiger partial charge is 0.254 e. The molecule has 0 atom stereocenters. The van der Waals surface area contributed by atoms with E-state index >= 15 is 0 Å². The molecule has 0 unspecified atom stereocenters. The van der Waals surface area contributed by atoms with Gasteiger partial charge in [0.05, 0.1) is 12.1 Å². The SMILES string of the molecule is CN(C(=O)CNC(=O)c1ccccc1F)c1ccccc1. The van der Waals surface area contributed by atoms with Crippen LogP contribution in [0.25, 0.3) is 0 Å². The van der Waals surface area contributed by atoms with Crippen molar-refractivity contribution in [2.75, 3.05) is 18.5 Å². The zero-order valence-electron chi connectivity index (χ0n) is 11.5. The largest absolute Gasteiger partial charge is 0.343 e. The molecule has 4 nitrogen and oxygen atoms in total. The Bertz CT molecular complexity index is 644. The number of amides is 2. The van der Waals surface area contributed by atoms with E-state index < -0.39 is 11.7 Å². The second-order valence-corrected chi connectivity index (χ2v) is 4.45. The lowest BCUT2D eigenvalue weighted by molar-refractivity contribution is -0.117. The second-order valence-electron chi connectivity index (χ2n) is 4.45. The molecule has 2 aromatic rings. The van der Waals surface area contributed by atoms with Gasteiger partial charge in [0.2, 0.25) is 5.91 Å². The zero-order chi connectivity index (χ0) is 15.2. The number of carbonyl (C=O) groups excluding carboxylic acids is 2. The maximum absolute atomic E-state index is 13.4. The summed E-state index contributed by atoms with van der Waals surface area (Å²) in [5.41, 5.74) is 0.648. The van der Waals surface area contributed by atoms with Crippen molar-refractivity contribution >= 4 is 17.5 Å². The van der Waals surface area contributed by atoms with Crippen LogP contribution in [0.5, 0.6) is 0 Å². The average Bonchev–Trinajstić information content (AvgIpc) is 2.52. The number of anilines is 1. The molecule has 0 spiro atoms. The molecule has 0 fully saturated rings. The van der Waals surface area contributed by atoms with Gasteiger partial charge >= 0.3 is 0 Å². The molecule has 0 bridgehead atoms. The van der Waals surface area contributed by atoms with E-state index in [9.17, 15) is 14.0 Å². The zero-order valence-corrected chi connectivity index (χ0v) is 11.5. The third kappa shape index (κ3) is 3.66. The highest BCUT2D eigenvalue weighted by Gasteiger charge is 2.14. The lowest BCUT2D eigenvalue weighted by Crippen LogP contribution is -2.38. The van der Waals surface area contributed by atoms with Gasteiger partial charge in [0.15, 0.2) is 0 Å². The number of likely N-dealkylation sites (N-methyl/N-ethyl adjacent to an activating group) is 1. The molecule has 0 aliphatic heterocycles. The van der Waals surface area contributed by atoms with E-state index in [0.29, 0.717) is 0 Å². The lowest BCUT2D eigenvalue weighted by atomic mass is 10.2. The van der Waals surface area contributed by atoms with Crippen LogP contribution in [-0.4, -0.2) is 25.4 Å². The highest BCUT2D eigenvalue weighted by Crippen LogP contribution is 2.11. The van der Waals surface area contributed by atoms with Gasteiger partial charge in [0, 0.05) is 12.7 Å². The Balaban J connectivity index is 1.95. The molecular formula is C16H15FN2O2. The van der Waals surface area contributed by atoms with Gasteiger partial charge in [-0.1, -0.05) is 30.3 Å². The molecule has 108 valence electrons. The standard InChI is InChI=1S/C16H15FN2O2/c1-19(12-7-3-2-4-8-12)15(20)11-18-16(21)13-9-5-6-10-14(13)17/h2-10H,11H2,1H3,(H,18,21). The number of rotatable bonds is 4. The van der Waals surface area contributed by atoms with Crippen LogP contribution in [0, 0.1) is 5.82 Å². The fraction of sp³-hybridized carbons (Fsp3) is 0.125. The van der Waals surface area contributed by atoms with Crippen molar-refractivity contribution in [2.24, 2.45) is 0 Å². The van der Waals surface area contributed by atoms with Crippen LogP contribution in [-0.2, 0) is 4.79 Å². The predicted molar refractivity (Wildman–Crippen MR) is 78.6 cm³/mol. The Morgan fingerprint density at radius 1 is 1.05 bits per heavy atom. The van der Waals surface area contributed by atoms with E-state index in [1.54, 1.807) is 25.2 Å². The molecular weight excluding hydrogens is 271 g/mol. The minimum absolute atomic E-state index is 0.0762. The van der Waals surface area contributed by atoms with Crippen LogP contribution in [0.4, 0.5) is 10.1 Å². The van der Waals surface area contributed by atoms with Gasteiger partial charge in [0.25, 0.3) is 5.91 Å². The van der Waals surface area contributed by atoms with Gasteiger partial charge in [-0.3, -0.25) is 9.59 Å². The van der Waals surface area contributed by atoms with Gasteiger partial charge in [-0.25, -0.2) is 4.39 Å². The predicted octanol–water partition coefficient (Wildman–Crippen LogP) is 2.22. The van der Waals surface area contributed by atoms with Crippen LogP contribution in [0.3, 0.4) is 0 Å². The fourth-order valence-electron chi connectivity index (χ4n) is 1.81. The summed E-state index contributed by atoms with van der Waals surface area (Å²) in [6, 6.07) is 14.7. The lowest BCUT2D eigenvalue weighted by Gasteiger charge is -2.17. The van der Waals surface area contributed by atoms with Crippen LogP contribution in [0.1, 0.15) is 10.4 Å². The summed E-state index contributed by atoms with van der Waals surface area (Å²) in [7, 11) is 1.62. The summed E-state index contributed by atoms with van der Waals surface area (Å²) in [6.45, 7) is -0.196. The molecule has 0 saturated carbocycles. The first kappa shape index (κ1) is 14.7. The molecule has 2 rings (SSSR count). The van der Waals surface area contributed by atoms with Crippen LogP contribution in [0.2, 0.25) is 0 Å². The number of benzene rings is 2. The number of carbonyl (C=O) groups is 2. The van der Waals surface area contributed by atoms with Gasteiger partial charge in [-0.05, 0) is 24.3 Å². The number of nitrogens with zero attached hydrogens (tertiary/aromatic N) is 1. The van der Waals surface area contributed by atoms with Crippen LogP contribution in [0.15, 0.2) is 54.6 Å². The Morgan fingerprint density at radius 3 is 2.33 bits per heavy atom. The molecule has 2 aromatic carbocycles. The molecule has 0 aliphatic carbocycles. The van der Waals surface area contributed by atoms with E-state index in [1.165, 1.54) is 23.1 Å². The van der Waals surface area contributed by atoms with Gasteiger partial charge in [-0.15, -0.1) is 0 Å². The van der Waals surface area contributed by atoms with E-state index in [2.05, 4.69) is 5.32 Å². The fourth-order valence-corrected chi connectivity index (χ4v) is 1.81. The molecule has 5 heteroatoms. The van der Waals surface area contributed by atoms with Crippen molar-refractivity contribution in [1.82, 2.24) is 5.32 Å². The van der Waals surface area contributed by atoms with E-state index in [-0.39, 0.29) is 18.0 Å². The maximum atomic E-state index is 13.4.